The molecular formula is C33H40N4O7. The number of unbranched alkanes of at least 4 members (excludes halogenated alkanes) is 1. The van der Waals surface area contributed by atoms with Crippen molar-refractivity contribution in [1.82, 2.24) is 9.47 Å². The molecule has 234 valence electrons. The van der Waals surface area contributed by atoms with Crippen molar-refractivity contribution in [3.05, 3.63) is 82.3 Å². The smallest absolute Gasteiger partial charge is 0.308 e. The minimum Gasteiger partial charge on any atom is -0.493 e. The van der Waals surface area contributed by atoms with Crippen molar-refractivity contribution >= 4 is 17.6 Å². The lowest BCUT2D eigenvalue weighted by Crippen LogP contribution is -2.45. The van der Waals surface area contributed by atoms with Gasteiger partial charge in [0.15, 0.2) is 11.5 Å². The first-order chi connectivity index (χ1) is 21.3. The Morgan fingerprint density at radius 3 is 2.70 bits per heavy atom. The van der Waals surface area contributed by atoms with Crippen molar-refractivity contribution in [3.8, 4) is 17.2 Å². The van der Waals surface area contributed by atoms with Crippen LogP contribution < -0.4 is 30.4 Å². The van der Waals surface area contributed by atoms with Crippen LogP contribution in [0.1, 0.15) is 43.2 Å². The van der Waals surface area contributed by atoms with Gasteiger partial charge in [-0.25, -0.2) is 0 Å². The molecule has 1 aromatic heterocycles. The monoisotopic (exact) mass is 604 g/mol. The Morgan fingerprint density at radius 2 is 1.98 bits per heavy atom. The third kappa shape index (κ3) is 6.58. The summed E-state index contributed by atoms with van der Waals surface area (Å²) in [5.74, 6) is -0.960. The molecule has 1 fully saturated rings. The summed E-state index contributed by atoms with van der Waals surface area (Å²) in [6.07, 6.45) is 3.79. The summed E-state index contributed by atoms with van der Waals surface area (Å²) in [4.78, 5) is 43.2. The number of nitrogens with zero attached hydrogens (tertiary/aromatic N) is 3. The van der Waals surface area contributed by atoms with Crippen LogP contribution in [-0.4, -0.2) is 66.0 Å². The number of methoxy groups -OCH3 is 1. The van der Waals surface area contributed by atoms with Gasteiger partial charge in [0, 0.05) is 56.1 Å². The second-order valence-corrected chi connectivity index (χ2v) is 11.2. The standard InChI is InChI=1S/C33H40N4O7/c1-3-4-13-37(24-9-7-8-22(15-24)18-34)30(39)20-36-19-25(23-16-27(42-2)32-28(17-23)43-21-44-32)31(33(40)41)26(36)11-14-35-12-6-5-10-29(35)38/h5-10,12,15-17,25-26,31H,3-4,11,13-14,18-21,34H2,1-2H3,(H,40,41)/t25-,26+,31?/m1/s1. The molecule has 3 aromatic rings. The summed E-state index contributed by atoms with van der Waals surface area (Å²) < 4.78 is 18.3. The van der Waals surface area contributed by atoms with Gasteiger partial charge in [-0.3, -0.25) is 19.3 Å². The van der Waals surface area contributed by atoms with Crippen molar-refractivity contribution in [2.75, 3.05) is 38.4 Å². The quantitative estimate of drug-likeness (QED) is 0.301. The van der Waals surface area contributed by atoms with Gasteiger partial charge in [-0.05, 0) is 54.3 Å². The number of rotatable bonds is 13. The van der Waals surface area contributed by atoms with Gasteiger partial charge in [0.25, 0.3) is 0 Å². The van der Waals surface area contributed by atoms with Crippen molar-refractivity contribution in [2.45, 2.75) is 51.2 Å². The first-order valence-corrected chi connectivity index (χ1v) is 15.0. The summed E-state index contributed by atoms with van der Waals surface area (Å²) in [5, 5.41) is 10.6. The third-order valence-corrected chi connectivity index (χ3v) is 8.54. The molecule has 11 nitrogen and oxygen atoms in total. The molecule has 3 N–H and O–H groups in total. The van der Waals surface area contributed by atoms with Gasteiger partial charge in [0.2, 0.25) is 24.0 Å². The molecule has 0 spiro atoms. The molecule has 1 amide bonds. The molecule has 0 bridgehead atoms. The maximum absolute atomic E-state index is 14.0. The number of carbonyl (C=O) groups is 2. The number of aryl methyl sites for hydroxylation is 1. The number of carboxylic acid groups (broad SMARTS) is 1. The molecule has 3 heterocycles. The minimum atomic E-state index is -0.967. The first kappa shape index (κ1) is 31.1. The van der Waals surface area contributed by atoms with E-state index in [1.54, 1.807) is 39.9 Å². The number of hydrogen-bond acceptors (Lipinski definition) is 8. The van der Waals surface area contributed by atoms with E-state index in [4.69, 9.17) is 19.9 Å². The predicted octanol–water partition coefficient (Wildman–Crippen LogP) is 3.44. The molecule has 1 saturated heterocycles. The number of carbonyl (C=O) groups excluding carboxylic acids is 1. The van der Waals surface area contributed by atoms with Crippen LogP contribution in [0, 0.1) is 5.92 Å². The predicted molar refractivity (Wildman–Crippen MR) is 165 cm³/mol. The SMILES string of the molecule is CCCCN(C(=O)CN1C[C@H](c2cc(OC)c3c(c2)OCO3)C(C(=O)O)[C@@H]1CCn1ccccc1=O)c1cccc(CN)c1. The number of carboxylic acids is 1. The summed E-state index contributed by atoms with van der Waals surface area (Å²) in [7, 11) is 1.53. The highest BCUT2D eigenvalue weighted by atomic mass is 16.7. The van der Waals surface area contributed by atoms with E-state index in [2.05, 4.69) is 6.92 Å². The van der Waals surface area contributed by atoms with Crippen LogP contribution in [0.4, 0.5) is 5.69 Å². The van der Waals surface area contributed by atoms with Crippen LogP contribution in [0.2, 0.25) is 0 Å². The lowest BCUT2D eigenvalue weighted by Gasteiger charge is -2.30. The average molecular weight is 605 g/mol. The fraction of sp³-hybridized carbons (Fsp3) is 0.424. The number of likely N-dealkylation sites (tertiary alicyclic amines) is 1. The van der Waals surface area contributed by atoms with E-state index in [-0.39, 0.29) is 24.8 Å². The highest BCUT2D eigenvalue weighted by molar-refractivity contribution is 5.95. The largest absolute Gasteiger partial charge is 0.493 e. The molecule has 2 aromatic carbocycles. The Bertz CT molecular complexity index is 1540. The number of hydrogen-bond donors (Lipinski definition) is 2. The lowest BCUT2D eigenvalue weighted by molar-refractivity contribution is -0.143. The average Bonchev–Trinajstić information content (AvgIpc) is 3.65. The van der Waals surface area contributed by atoms with Crippen LogP contribution >= 0.6 is 0 Å². The fourth-order valence-electron chi connectivity index (χ4n) is 6.30. The molecule has 1 unspecified atom stereocenters. The Balaban J connectivity index is 1.49. The zero-order chi connectivity index (χ0) is 31.2. The van der Waals surface area contributed by atoms with Gasteiger partial charge in [-0.2, -0.15) is 0 Å². The van der Waals surface area contributed by atoms with Crippen LogP contribution in [-0.2, 0) is 22.7 Å². The van der Waals surface area contributed by atoms with Crippen molar-refractivity contribution in [3.63, 3.8) is 0 Å². The first-order valence-electron chi connectivity index (χ1n) is 15.0. The molecule has 0 radical (unpaired) electrons. The second kappa shape index (κ2) is 14.0. The number of pyridine rings is 1. The number of anilines is 1. The summed E-state index contributed by atoms with van der Waals surface area (Å²) >= 11 is 0. The number of aromatic nitrogens is 1. The number of fused-ring (bicyclic) bond motifs is 1. The number of nitrogens with two attached hydrogens (primary N) is 1. The minimum absolute atomic E-state index is 0.0207. The molecule has 2 aliphatic heterocycles. The zero-order valence-electron chi connectivity index (χ0n) is 25.2. The Morgan fingerprint density at radius 1 is 1.14 bits per heavy atom. The molecule has 5 rings (SSSR count). The maximum Gasteiger partial charge on any atom is 0.308 e. The number of ether oxygens (including phenoxy) is 3. The summed E-state index contributed by atoms with van der Waals surface area (Å²) in [6.45, 7) is 3.67. The topological polar surface area (TPSA) is 137 Å². The maximum atomic E-state index is 14.0. The van der Waals surface area contributed by atoms with Crippen LogP contribution in [0.5, 0.6) is 17.2 Å². The normalized spacial score (nSPS) is 19.2. The Hall–Kier alpha value is -4.35. The summed E-state index contributed by atoms with van der Waals surface area (Å²) in [5.41, 5.74) is 8.15. The number of aliphatic carboxylic acids is 1. The molecule has 0 aliphatic carbocycles. The van der Waals surface area contributed by atoms with E-state index < -0.39 is 23.8 Å². The molecule has 2 aliphatic rings. The molecular weight excluding hydrogens is 564 g/mol. The van der Waals surface area contributed by atoms with Gasteiger partial charge < -0.3 is 34.5 Å². The van der Waals surface area contributed by atoms with Gasteiger partial charge in [-0.1, -0.05) is 31.5 Å². The van der Waals surface area contributed by atoms with Crippen LogP contribution in [0.15, 0.2) is 65.6 Å². The third-order valence-electron chi connectivity index (χ3n) is 8.54. The van der Waals surface area contributed by atoms with E-state index in [0.717, 1.165) is 29.7 Å². The molecule has 3 atom stereocenters. The molecule has 44 heavy (non-hydrogen) atoms. The van der Waals surface area contributed by atoms with Crippen molar-refractivity contribution < 1.29 is 28.9 Å². The van der Waals surface area contributed by atoms with Gasteiger partial charge in [0.05, 0.1) is 19.6 Å². The highest BCUT2D eigenvalue weighted by Crippen LogP contribution is 2.47. The number of amides is 1. The Labute approximate surface area is 256 Å². The van der Waals surface area contributed by atoms with Crippen LogP contribution in [0.25, 0.3) is 0 Å². The fourth-order valence-corrected chi connectivity index (χ4v) is 6.30. The van der Waals surface area contributed by atoms with Gasteiger partial charge in [0.1, 0.15) is 0 Å². The summed E-state index contributed by atoms with van der Waals surface area (Å²) in [6, 6.07) is 15.7. The van der Waals surface area contributed by atoms with E-state index in [9.17, 15) is 19.5 Å². The van der Waals surface area contributed by atoms with Crippen molar-refractivity contribution in [2.24, 2.45) is 11.7 Å². The van der Waals surface area contributed by atoms with E-state index in [0.29, 0.717) is 49.8 Å². The van der Waals surface area contributed by atoms with E-state index >= 15 is 0 Å². The van der Waals surface area contributed by atoms with Crippen LogP contribution in [0.3, 0.4) is 0 Å². The Kier molecular flexibility index (Phi) is 9.86. The molecule has 0 saturated carbocycles. The zero-order valence-corrected chi connectivity index (χ0v) is 25.2. The second-order valence-electron chi connectivity index (χ2n) is 11.2. The highest BCUT2D eigenvalue weighted by Gasteiger charge is 2.47. The van der Waals surface area contributed by atoms with E-state index in [1.165, 1.54) is 13.2 Å². The van der Waals surface area contributed by atoms with Gasteiger partial charge in [-0.15, -0.1) is 0 Å². The number of benzene rings is 2. The van der Waals surface area contributed by atoms with Gasteiger partial charge >= 0.3 is 5.97 Å². The molecule has 11 heteroatoms. The van der Waals surface area contributed by atoms with Crippen molar-refractivity contribution in [1.29, 1.82) is 0 Å². The van der Waals surface area contributed by atoms with E-state index in [1.807, 2.05) is 29.2 Å². The lowest BCUT2D eigenvalue weighted by atomic mass is 9.84.